The van der Waals surface area contributed by atoms with E-state index < -0.39 is 0 Å². The van der Waals surface area contributed by atoms with Crippen LogP contribution in [0.25, 0.3) is 21.9 Å². The van der Waals surface area contributed by atoms with Gasteiger partial charge in [-0.15, -0.1) is 0 Å². The molecule has 0 radical (unpaired) electrons. The Balaban J connectivity index is 1.67. The Labute approximate surface area is 157 Å². The van der Waals surface area contributed by atoms with Crippen molar-refractivity contribution >= 4 is 22.5 Å². The Morgan fingerprint density at radius 1 is 1.22 bits per heavy atom. The average Bonchev–Trinajstić information content (AvgIpc) is 2.64. The Hall–Kier alpha value is -2.99. The Morgan fingerprint density at radius 2 is 2.00 bits per heavy atom. The van der Waals surface area contributed by atoms with E-state index in [2.05, 4.69) is 22.1 Å². The molecule has 2 aromatic carbocycles. The number of nitrogens with zero attached hydrogens (tertiary/aromatic N) is 2. The zero-order chi connectivity index (χ0) is 19.0. The fourth-order valence-electron chi connectivity index (χ4n) is 3.48. The van der Waals surface area contributed by atoms with Crippen molar-refractivity contribution in [2.75, 3.05) is 25.4 Å². The highest BCUT2D eigenvalue weighted by molar-refractivity contribution is 6.10. The molecule has 3 aromatic rings. The molecule has 1 aliphatic heterocycles. The summed E-state index contributed by atoms with van der Waals surface area (Å²) >= 11 is 0. The standard InChI is InChI=1S/C21H21FN4O/c1-2-26-11-16(12-26)25-21(27)19-10-24-20(23)18-9-14(6-7-17(18)19)13-4-3-5-15(22)8-13/h3-10,16H,2,11-12H2,1H3,(H2,23,24)(H,25,27). The van der Waals surface area contributed by atoms with Crippen molar-refractivity contribution in [2.45, 2.75) is 13.0 Å². The minimum absolute atomic E-state index is 0.147. The summed E-state index contributed by atoms with van der Waals surface area (Å²) in [4.78, 5) is 19.2. The van der Waals surface area contributed by atoms with E-state index in [1.807, 2.05) is 24.3 Å². The molecular weight excluding hydrogens is 343 g/mol. The lowest BCUT2D eigenvalue weighted by atomic mass is 9.99. The summed E-state index contributed by atoms with van der Waals surface area (Å²) in [6, 6.07) is 12.1. The summed E-state index contributed by atoms with van der Waals surface area (Å²) in [7, 11) is 0. The summed E-state index contributed by atoms with van der Waals surface area (Å²) in [5, 5.41) is 4.48. The van der Waals surface area contributed by atoms with Gasteiger partial charge < -0.3 is 11.1 Å². The van der Waals surface area contributed by atoms with Gasteiger partial charge in [0.1, 0.15) is 11.6 Å². The molecule has 4 rings (SSSR count). The number of hydrogen-bond donors (Lipinski definition) is 2. The highest BCUT2D eigenvalue weighted by Crippen LogP contribution is 2.29. The van der Waals surface area contributed by atoms with Gasteiger partial charge in [-0.3, -0.25) is 9.69 Å². The molecule has 0 spiro atoms. The maximum absolute atomic E-state index is 13.5. The molecule has 1 saturated heterocycles. The Kier molecular flexibility index (Phi) is 4.49. The second-order valence-corrected chi connectivity index (χ2v) is 6.85. The third-order valence-electron chi connectivity index (χ3n) is 5.06. The van der Waals surface area contributed by atoms with Crippen LogP contribution in [-0.2, 0) is 0 Å². The number of nitrogen functional groups attached to an aromatic ring is 1. The summed E-state index contributed by atoms with van der Waals surface area (Å²) in [6.45, 7) is 4.83. The van der Waals surface area contributed by atoms with Gasteiger partial charge in [-0.1, -0.05) is 31.2 Å². The van der Waals surface area contributed by atoms with Crippen LogP contribution in [0, 0.1) is 5.82 Å². The summed E-state index contributed by atoms with van der Waals surface area (Å²) in [5.41, 5.74) is 8.13. The number of carbonyl (C=O) groups is 1. The van der Waals surface area contributed by atoms with E-state index in [0.717, 1.165) is 36.1 Å². The van der Waals surface area contributed by atoms with Gasteiger partial charge in [0.25, 0.3) is 5.91 Å². The molecule has 6 heteroatoms. The van der Waals surface area contributed by atoms with Crippen molar-refractivity contribution in [1.82, 2.24) is 15.2 Å². The predicted molar refractivity (Wildman–Crippen MR) is 105 cm³/mol. The molecule has 0 saturated carbocycles. The second-order valence-electron chi connectivity index (χ2n) is 6.85. The average molecular weight is 364 g/mol. The molecule has 5 nitrogen and oxygen atoms in total. The maximum Gasteiger partial charge on any atom is 0.253 e. The highest BCUT2D eigenvalue weighted by Gasteiger charge is 2.27. The number of aromatic nitrogens is 1. The third-order valence-corrected chi connectivity index (χ3v) is 5.06. The first-order valence-corrected chi connectivity index (χ1v) is 9.02. The van der Waals surface area contributed by atoms with Crippen molar-refractivity contribution in [3.8, 4) is 11.1 Å². The number of amides is 1. The van der Waals surface area contributed by atoms with E-state index in [4.69, 9.17) is 5.73 Å². The van der Waals surface area contributed by atoms with Crippen molar-refractivity contribution in [1.29, 1.82) is 0 Å². The van der Waals surface area contributed by atoms with Gasteiger partial charge in [0.05, 0.1) is 11.6 Å². The van der Waals surface area contributed by atoms with Crippen LogP contribution in [-0.4, -0.2) is 41.5 Å². The van der Waals surface area contributed by atoms with Crippen LogP contribution in [0.1, 0.15) is 17.3 Å². The summed E-state index contributed by atoms with van der Waals surface area (Å²) in [6.07, 6.45) is 1.52. The largest absolute Gasteiger partial charge is 0.383 e. The van der Waals surface area contributed by atoms with E-state index in [9.17, 15) is 9.18 Å². The number of likely N-dealkylation sites (N-methyl/N-ethyl adjacent to an activating group) is 1. The number of benzene rings is 2. The van der Waals surface area contributed by atoms with E-state index in [0.29, 0.717) is 16.8 Å². The minimum Gasteiger partial charge on any atom is -0.383 e. The molecule has 0 unspecified atom stereocenters. The van der Waals surface area contributed by atoms with Crippen LogP contribution in [0.3, 0.4) is 0 Å². The number of anilines is 1. The number of nitrogens with one attached hydrogen (secondary N) is 1. The van der Waals surface area contributed by atoms with Crippen molar-refractivity contribution in [3.05, 3.63) is 60.0 Å². The Bertz CT molecular complexity index is 1010. The number of carbonyl (C=O) groups excluding carboxylic acids is 1. The molecule has 27 heavy (non-hydrogen) atoms. The van der Waals surface area contributed by atoms with E-state index in [1.54, 1.807) is 6.07 Å². The van der Waals surface area contributed by atoms with Gasteiger partial charge >= 0.3 is 0 Å². The van der Waals surface area contributed by atoms with Gasteiger partial charge in [0.2, 0.25) is 0 Å². The van der Waals surface area contributed by atoms with E-state index >= 15 is 0 Å². The van der Waals surface area contributed by atoms with E-state index in [-0.39, 0.29) is 17.8 Å². The van der Waals surface area contributed by atoms with Gasteiger partial charge in [-0.25, -0.2) is 9.37 Å². The molecule has 1 aromatic heterocycles. The fourth-order valence-corrected chi connectivity index (χ4v) is 3.48. The van der Waals surface area contributed by atoms with Crippen LogP contribution in [0.2, 0.25) is 0 Å². The number of likely N-dealkylation sites (tertiary alicyclic amines) is 1. The first-order valence-electron chi connectivity index (χ1n) is 9.02. The predicted octanol–water partition coefficient (Wildman–Crippen LogP) is 3.06. The maximum atomic E-state index is 13.5. The molecule has 0 bridgehead atoms. The second kappa shape index (κ2) is 6.96. The SMILES string of the molecule is CCN1CC(NC(=O)c2cnc(N)c3cc(-c4cccc(F)c4)ccc23)C1. The number of pyridine rings is 1. The molecule has 1 aliphatic rings. The van der Waals surface area contributed by atoms with Crippen LogP contribution in [0.5, 0.6) is 0 Å². The lowest BCUT2D eigenvalue weighted by Gasteiger charge is -2.38. The zero-order valence-electron chi connectivity index (χ0n) is 15.1. The lowest BCUT2D eigenvalue weighted by Crippen LogP contribution is -2.58. The number of nitrogens with two attached hydrogens (primary N) is 1. The number of hydrogen-bond acceptors (Lipinski definition) is 4. The lowest BCUT2D eigenvalue weighted by molar-refractivity contribution is 0.0826. The molecule has 0 atom stereocenters. The minimum atomic E-state index is -0.298. The van der Waals surface area contributed by atoms with Gasteiger partial charge in [0, 0.05) is 24.7 Å². The third kappa shape index (κ3) is 3.36. The van der Waals surface area contributed by atoms with Crippen molar-refractivity contribution in [2.24, 2.45) is 0 Å². The van der Waals surface area contributed by atoms with Gasteiger partial charge in [-0.2, -0.15) is 0 Å². The number of halogens is 1. The first kappa shape index (κ1) is 17.4. The summed E-state index contributed by atoms with van der Waals surface area (Å²) in [5.74, 6) is -0.0965. The molecule has 1 amide bonds. The van der Waals surface area contributed by atoms with Gasteiger partial charge in [0.15, 0.2) is 0 Å². The number of rotatable bonds is 4. The molecule has 0 aliphatic carbocycles. The molecular formula is C21H21FN4O. The molecule has 138 valence electrons. The molecule has 1 fully saturated rings. The zero-order valence-corrected chi connectivity index (χ0v) is 15.1. The fraction of sp³-hybridized carbons (Fsp3) is 0.238. The Morgan fingerprint density at radius 3 is 2.74 bits per heavy atom. The van der Waals surface area contributed by atoms with Crippen LogP contribution in [0.15, 0.2) is 48.7 Å². The van der Waals surface area contributed by atoms with Crippen LogP contribution in [0.4, 0.5) is 10.2 Å². The van der Waals surface area contributed by atoms with Crippen LogP contribution < -0.4 is 11.1 Å². The quantitative estimate of drug-likeness (QED) is 0.746. The molecule has 3 N–H and O–H groups in total. The van der Waals surface area contributed by atoms with Crippen molar-refractivity contribution < 1.29 is 9.18 Å². The van der Waals surface area contributed by atoms with E-state index in [1.165, 1.54) is 18.3 Å². The van der Waals surface area contributed by atoms with Crippen molar-refractivity contribution in [3.63, 3.8) is 0 Å². The monoisotopic (exact) mass is 364 g/mol. The molecule has 2 heterocycles. The number of fused-ring (bicyclic) bond motifs is 1. The van der Waals surface area contributed by atoms with Crippen LogP contribution >= 0.6 is 0 Å². The normalized spacial score (nSPS) is 14.9. The smallest absolute Gasteiger partial charge is 0.253 e. The summed E-state index contributed by atoms with van der Waals surface area (Å²) < 4.78 is 13.5. The topological polar surface area (TPSA) is 71.2 Å². The van der Waals surface area contributed by atoms with Gasteiger partial charge in [-0.05, 0) is 41.3 Å². The highest BCUT2D eigenvalue weighted by atomic mass is 19.1. The first-order chi connectivity index (χ1) is 13.0.